The van der Waals surface area contributed by atoms with Crippen LogP contribution in [0.1, 0.15) is 106 Å². The van der Waals surface area contributed by atoms with E-state index in [1.165, 1.54) is 64.2 Å². The number of aryl methyl sites for hydroxylation is 1. The van der Waals surface area contributed by atoms with E-state index in [0.29, 0.717) is 35.0 Å². The van der Waals surface area contributed by atoms with E-state index >= 15 is 0 Å². The Labute approximate surface area is 298 Å². The van der Waals surface area contributed by atoms with E-state index in [1.54, 1.807) is 50.6 Å². The number of carbonyl (C=O) groups excluding carboxylic acids is 2. The van der Waals surface area contributed by atoms with Crippen LogP contribution in [0.25, 0.3) is 0 Å². The molecule has 0 bridgehead atoms. The Morgan fingerprint density at radius 2 is 1.30 bits per heavy atom. The number of hydrogen-bond donors (Lipinski definition) is 0. The zero-order chi connectivity index (χ0) is 33.0. The molecule has 8 nitrogen and oxygen atoms in total. The Morgan fingerprint density at radius 3 is 1.85 bits per heavy atom. The van der Waals surface area contributed by atoms with Gasteiger partial charge in [0, 0.05) is 17.7 Å². The summed E-state index contributed by atoms with van der Waals surface area (Å²) in [6.45, 7) is 2.80. The van der Waals surface area contributed by atoms with Crippen molar-refractivity contribution in [3.8, 4) is 17.2 Å². The average Bonchev–Trinajstić information content (AvgIpc) is 3.08. The Morgan fingerprint density at radius 1 is 0.745 bits per heavy atom. The second-order valence-electron chi connectivity index (χ2n) is 11.7. The fourth-order valence-corrected chi connectivity index (χ4v) is 5.34. The number of hydrogen-bond acceptors (Lipinski definition) is 6. The second kappa shape index (κ2) is 23.1. The molecule has 2 aromatic carbocycles. The van der Waals surface area contributed by atoms with Crippen molar-refractivity contribution in [3.05, 3.63) is 83.7 Å². The van der Waals surface area contributed by atoms with Crippen molar-refractivity contribution in [1.29, 1.82) is 0 Å². The molecule has 0 fully saturated rings. The number of benzene rings is 2. The molecule has 3 aromatic rings. The Bertz CT molecular complexity index is 1310. The van der Waals surface area contributed by atoms with Crippen molar-refractivity contribution in [2.75, 3.05) is 20.8 Å². The molecule has 2 amide bonds. The van der Waals surface area contributed by atoms with Crippen LogP contribution in [0, 0.1) is 0 Å². The molecule has 0 saturated heterocycles. The van der Waals surface area contributed by atoms with E-state index in [2.05, 4.69) is 6.92 Å². The molecule has 0 aliphatic rings. The van der Waals surface area contributed by atoms with Crippen LogP contribution in [0.15, 0.2) is 66.9 Å². The minimum absolute atomic E-state index is 0. The van der Waals surface area contributed by atoms with Gasteiger partial charge in [0.05, 0.1) is 20.8 Å². The smallest absolute Gasteiger partial charge is 0.417 e. The van der Waals surface area contributed by atoms with E-state index in [9.17, 15) is 9.59 Å². The van der Waals surface area contributed by atoms with E-state index in [-0.39, 0.29) is 37.1 Å². The summed E-state index contributed by atoms with van der Waals surface area (Å²) >= 11 is 0. The quantitative estimate of drug-likeness (QED) is 0.0801. The lowest BCUT2D eigenvalue weighted by Gasteiger charge is -2.20. The summed E-state index contributed by atoms with van der Waals surface area (Å²) < 4.78 is 24.9. The summed E-state index contributed by atoms with van der Waals surface area (Å²) in [4.78, 5) is 27.9. The highest BCUT2D eigenvalue weighted by Gasteiger charge is 2.27. The van der Waals surface area contributed by atoms with Gasteiger partial charge in [-0.3, -0.25) is 4.79 Å². The van der Waals surface area contributed by atoms with Crippen LogP contribution >= 0.6 is 0 Å². The molecule has 9 heteroatoms. The molecule has 1 heterocycles. The molecule has 0 aliphatic heterocycles. The monoisotopic (exact) mass is 760 g/mol. The first kappa shape index (κ1) is 39.8. The largest absolute Gasteiger partial charge is 1.00 e. The number of aromatic nitrogens is 1. The lowest BCUT2D eigenvalue weighted by molar-refractivity contribution is -0.679. The van der Waals surface area contributed by atoms with Crippen molar-refractivity contribution >= 4 is 12.0 Å². The molecule has 0 atom stereocenters. The fourth-order valence-electron chi connectivity index (χ4n) is 5.34. The maximum atomic E-state index is 13.4. The van der Waals surface area contributed by atoms with Gasteiger partial charge in [-0.25, -0.2) is 14.3 Å². The highest BCUT2D eigenvalue weighted by atomic mass is 127. The molecule has 0 saturated carbocycles. The van der Waals surface area contributed by atoms with E-state index in [4.69, 9.17) is 18.9 Å². The van der Waals surface area contributed by atoms with Crippen molar-refractivity contribution in [3.63, 3.8) is 0 Å². The first-order valence-corrected chi connectivity index (χ1v) is 16.8. The summed E-state index contributed by atoms with van der Waals surface area (Å²) in [5.74, 6) is 1.09. The standard InChI is InChI=1S/C38H53N2O6.HI/c1-5-6-7-8-9-10-11-12-13-14-15-21-26-45-36-34(43-3)27-31(28-35(36)44-4)30-46-38(42)40(29-33-24-19-20-25-39(33)2)37(41)32-22-17-16-18-23-32;/h16-20,22-25,27-28H,5-15,21,26,29-30H2,1-4H3;1H/q+1;/p-1. The maximum Gasteiger partial charge on any atom is 0.417 e. The van der Waals surface area contributed by atoms with Crippen molar-refractivity contribution in [2.45, 2.75) is 97.1 Å². The number of ether oxygens (including phenoxy) is 4. The molecular formula is C38H53IN2O6. The van der Waals surface area contributed by atoms with Crippen molar-refractivity contribution in [2.24, 2.45) is 7.05 Å². The highest BCUT2D eigenvalue weighted by molar-refractivity contribution is 6.02. The number of carbonyl (C=O) groups is 2. The first-order chi connectivity index (χ1) is 22.5. The Balaban J connectivity index is 0.00000768. The third-order valence-corrected chi connectivity index (χ3v) is 8.10. The van der Waals surface area contributed by atoms with Gasteiger partial charge in [0.15, 0.2) is 17.7 Å². The number of imide groups is 1. The van der Waals surface area contributed by atoms with E-state index in [1.807, 2.05) is 42.1 Å². The highest BCUT2D eigenvalue weighted by Crippen LogP contribution is 2.39. The lowest BCUT2D eigenvalue weighted by atomic mass is 10.1. The number of pyridine rings is 1. The molecule has 0 N–H and O–H groups in total. The van der Waals surface area contributed by atoms with Gasteiger partial charge < -0.3 is 42.9 Å². The van der Waals surface area contributed by atoms with Crippen LogP contribution in [0.4, 0.5) is 4.79 Å². The van der Waals surface area contributed by atoms with Crippen LogP contribution in [0.5, 0.6) is 17.2 Å². The van der Waals surface area contributed by atoms with Crippen LogP contribution in [-0.2, 0) is 24.9 Å². The van der Waals surface area contributed by atoms with Gasteiger partial charge in [0.2, 0.25) is 11.4 Å². The minimum Gasteiger partial charge on any atom is -1.00 e. The number of amides is 2. The first-order valence-electron chi connectivity index (χ1n) is 16.8. The number of methoxy groups -OCH3 is 2. The van der Waals surface area contributed by atoms with Gasteiger partial charge in [-0.15, -0.1) is 0 Å². The van der Waals surface area contributed by atoms with Gasteiger partial charge >= 0.3 is 6.09 Å². The van der Waals surface area contributed by atoms with Crippen LogP contribution in [0.3, 0.4) is 0 Å². The van der Waals surface area contributed by atoms with Crippen molar-refractivity contribution < 1.29 is 57.1 Å². The third kappa shape index (κ3) is 13.7. The summed E-state index contributed by atoms with van der Waals surface area (Å²) in [5.41, 5.74) is 1.83. The van der Waals surface area contributed by atoms with Gasteiger partial charge in [0.25, 0.3) is 5.91 Å². The third-order valence-electron chi connectivity index (χ3n) is 8.10. The van der Waals surface area contributed by atoms with Crippen molar-refractivity contribution in [1.82, 2.24) is 4.90 Å². The fraction of sp³-hybridized carbons (Fsp3) is 0.500. The van der Waals surface area contributed by atoms with Gasteiger partial charge in [0.1, 0.15) is 20.2 Å². The number of unbranched alkanes of at least 4 members (excludes halogenated alkanes) is 11. The second-order valence-corrected chi connectivity index (χ2v) is 11.7. The zero-order valence-electron chi connectivity index (χ0n) is 28.7. The predicted molar refractivity (Wildman–Crippen MR) is 180 cm³/mol. The SMILES string of the molecule is CCCCCCCCCCCCCCOc1c(OC)cc(COC(=O)N(Cc2cccc[n+]2C)C(=O)c2ccccc2)cc1OC.[I-]. The molecule has 258 valence electrons. The summed E-state index contributed by atoms with van der Waals surface area (Å²) in [6.07, 6.45) is 16.5. The summed E-state index contributed by atoms with van der Waals surface area (Å²) in [7, 11) is 5.01. The van der Waals surface area contributed by atoms with Crippen LogP contribution in [-0.4, -0.2) is 37.7 Å². The minimum atomic E-state index is -0.747. The van der Waals surface area contributed by atoms with E-state index < -0.39 is 12.0 Å². The normalized spacial score (nSPS) is 10.6. The predicted octanol–water partition coefficient (Wildman–Crippen LogP) is 5.59. The van der Waals surface area contributed by atoms with Gasteiger partial charge in [-0.05, 0) is 36.2 Å². The molecule has 0 aliphatic carbocycles. The maximum absolute atomic E-state index is 13.4. The Hall–Kier alpha value is -3.34. The molecular weight excluding hydrogens is 707 g/mol. The average molecular weight is 761 g/mol. The number of rotatable bonds is 21. The molecule has 1 aromatic heterocycles. The van der Waals surface area contributed by atoms with Gasteiger partial charge in [-0.1, -0.05) is 102 Å². The molecule has 0 spiro atoms. The molecule has 3 rings (SSSR count). The molecule has 47 heavy (non-hydrogen) atoms. The summed E-state index contributed by atoms with van der Waals surface area (Å²) in [5, 5.41) is 0. The molecule has 0 radical (unpaired) electrons. The molecule has 0 unspecified atom stereocenters. The number of halogens is 1. The zero-order valence-corrected chi connectivity index (χ0v) is 30.8. The topological polar surface area (TPSA) is 78.2 Å². The van der Waals surface area contributed by atoms with E-state index in [0.717, 1.165) is 23.4 Å². The van der Waals surface area contributed by atoms with Gasteiger partial charge in [-0.2, -0.15) is 0 Å². The Kier molecular flexibility index (Phi) is 19.5. The van der Waals surface area contributed by atoms with Crippen LogP contribution < -0.4 is 42.8 Å². The van der Waals surface area contributed by atoms with Crippen LogP contribution in [0.2, 0.25) is 0 Å². The summed E-state index contributed by atoms with van der Waals surface area (Å²) in [6, 6.07) is 17.9. The lowest BCUT2D eigenvalue weighted by Crippen LogP contribution is -3.00. The number of nitrogens with zero attached hydrogens (tertiary/aromatic N) is 2.